The van der Waals surface area contributed by atoms with Crippen molar-refractivity contribution in [3.05, 3.63) is 89.0 Å². The number of hydrogen-bond donors (Lipinski definition) is 3. The van der Waals surface area contributed by atoms with Crippen molar-refractivity contribution >= 4 is 12.3 Å². The average Bonchev–Trinajstić information content (AvgIpc) is 3.53. The number of aromatic hydroxyl groups is 1. The Morgan fingerprint density at radius 2 is 1.78 bits per heavy atom. The van der Waals surface area contributed by atoms with Crippen LogP contribution in [0, 0.1) is 23.7 Å². The summed E-state index contributed by atoms with van der Waals surface area (Å²) in [5, 5.41) is 20.6. The van der Waals surface area contributed by atoms with Crippen LogP contribution in [0.1, 0.15) is 119 Å². The number of carbonyl (C=O) groups is 2. The molecule has 3 aliphatic rings. The van der Waals surface area contributed by atoms with Gasteiger partial charge in [0.1, 0.15) is 12.0 Å². The number of hydrogen-bond acceptors (Lipinski definition) is 4. The summed E-state index contributed by atoms with van der Waals surface area (Å²) in [7, 11) is 0. The van der Waals surface area contributed by atoms with Gasteiger partial charge in [-0.1, -0.05) is 98.7 Å². The highest BCUT2D eigenvalue weighted by Gasteiger charge is 2.44. The van der Waals surface area contributed by atoms with E-state index < -0.39 is 11.9 Å². The van der Waals surface area contributed by atoms with Gasteiger partial charge in [0.2, 0.25) is 0 Å². The highest BCUT2D eigenvalue weighted by molar-refractivity contribution is 5.73. The predicted octanol–water partition coefficient (Wildman–Crippen LogP) is 9.04. The number of nitrogens with two attached hydrogens (primary N) is 1. The molecule has 248 valence electrons. The zero-order chi connectivity index (χ0) is 32.4. The lowest BCUT2D eigenvalue weighted by molar-refractivity contribution is -0.145. The molecule has 5 heteroatoms. The molecule has 2 aromatic carbocycles. The molecule has 0 unspecified atom stereocenters. The van der Waals surface area contributed by atoms with Crippen molar-refractivity contribution in [3.8, 4) is 5.75 Å². The van der Waals surface area contributed by atoms with Gasteiger partial charge in [-0.2, -0.15) is 0 Å². The summed E-state index contributed by atoms with van der Waals surface area (Å²) in [5.41, 5.74) is 10.6. The van der Waals surface area contributed by atoms with Crippen LogP contribution in [0.2, 0.25) is 0 Å². The Labute approximate surface area is 276 Å². The Bertz CT molecular complexity index is 1340. The van der Waals surface area contributed by atoms with Crippen molar-refractivity contribution in [2.24, 2.45) is 29.4 Å². The average molecular weight is 626 g/mol. The van der Waals surface area contributed by atoms with E-state index in [2.05, 4.69) is 54.6 Å². The SMILES string of the molecule is NCCC1=C[C@H]([C@@H](C=O)CCCCC[C@H]2CC=CC[C@@H](C(=O)O)C3(CCCCC3)c3cccc(c3)C[C@@H]2c2ccc(O)cc2)CC1. The molecule has 5 atom stereocenters. The number of allylic oxidation sites excluding steroid dienone is 3. The van der Waals surface area contributed by atoms with Gasteiger partial charge < -0.3 is 20.7 Å². The molecule has 0 aromatic heterocycles. The molecule has 5 rings (SSSR count). The Kier molecular flexibility index (Phi) is 12.3. The first-order valence-corrected chi connectivity index (χ1v) is 18.0. The number of aliphatic carboxylic acids is 1. The Hall–Kier alpha value is -3.18. The normalized spacial score (nSPS) is 25.3. The maximum absolute atomic E-state index is 12.8. The predicted molar refractivity (Wildman–Crippen MR) is 186 cm³/mol. The van der Waals surface area contributed by atoms with Crippen molar-refractivity contribution in [2.45, 2.75) is 114 Å². The van der Waals surface area contributed by atoms with Gasteiger partial charge in [0.25, 0.3) is 0 Å². The van der Waals surface area contributed by atoms with E-state index in [-0.39, 0.29) is 23.0 Å². The van der Waals surface area contributed by atoms with E-state index in [4.69, 9.17) is 5.73 Å². The first-order valence-electron chi connectivity index (χ1n) is 18.0. The van der Waals surface area contributed by atoms with Gasteiger partial charge in [-0.3, -0.25) is 4.79 Å². The quantitative estimate of drug-likeness (QED) is 0.124. The molecule has 5 nitrogen and oxygen atoms in total. The molecule has 2 aromatic rings. The van der Waals surface area contributed by atoms with E-state index in [0.717, 1.165) is 89.9 Å². The van der Waals surface area contributed by atoms with Gasteiger partial charge in [0.15, 0.2) is 0 Å². The lowest BCUT2D eigenvalue weighted by atomic mass is 9.60. The molecule has 1 saturated carbocycles. The number of fused-ring (bicyclic) bond motifs is 3. The van der Waals surface area contributed by atoms with Crippen LogP contribution < -0.4 is 5.73 Å². The van der Waals surface area contributed by atoms with Gasteiger partial charge in [-0.25, -0.2) is 0 Å². The fourth-order valence-corrected chi connectivity index (χ4v) is 9.01. The van der Waals surface area contributed by atoms with E-state index in [1.165, 1.54) is 35.0 Å². The molecule has 46 heavy (non-hydrogen) atoms. The molecule has 1 fully saturated rings. The minimum absolute atomic E-state index is 0.103. The maximum Gasteiger partial charge on any atom is 0.307 e. The second-order valence-corrected chi connectivity index (χ2v) is 14.4. The summed E-state index contributed by atoms with van der Waals surface area (Å²) >= 11 is 0. The zero-order valence-electron chi connectivity index (χ0n) is 27.6. The second-order valence-electron chi connectivity index (χ2n) is 14.4. The van der Waals surface area contributed by atoms with Gasteiger partial charge >= 0.3 is 5.97 Å². The molecule has 1 spiro atoms. The minimum atomic E-state index is -0.676. The van der Waals surface area contributed by atoms with E-state index in [0.29, 0.717) is 24.8 Å². The number of benzene rings is 2. The number of carbonyl (C=O) groups excluding carboxylic acids is 1. The summed E-state index contributed by atoms with van der Waals surface area (Å²) in [6.07, 6.45) is 23.8. The van der Waals surface area contributed by atoms with Crippen molar-refractivity contribution in [2.75, 3.05) is 6.54 Å². The number of aldehydes is 1. The van der Waals surface area contributed by atoms with E-state index in [1.807, 2.05) is 0 Å². The number of phenols is 1. The smallest absolute Gasteiger partial charge is 0.307 e. The van der Waals surface area contributed by atoms with Crippen LogP contribution in [0.25, 0.3) is 0 Å². The minimum Gasteiger partial charge on any atom is -0.508 e. The summed E-state index contributed by atoms with van der Waals surface area (Å²) in [4.78, 5) is 24.8. The van der Waals surface area contributed by atoms with E-state index in [1.54, 1.807) is 12.1 Å². The standard InChI is InChI=1S/C41H55NO4/c42-25-22-30-16-17-34(26-30)35(29-43)13-4-1-3-11-32-12-5-6-15-39(40(45)46)41(23-7-2-8-24-41)36-14-9-10-31(27-36)28-38(32)33-18-20-37(44)21-19-33/h5-6,9-10,14,18-21,26-27,29,32,34-35,38-39,44H,1-4,7-8,11-13,15-17,22-25,28,42H2,(H,45,46)/t32-,34+,35+,38-,39-/m0/s1. The van der Waals surface area contributed by atoms with Crippen molar-refractivity contribution in [1.29, 1.82) is 0 Å². The third kappa shape index (κ3) is 8.39. The molecular formula is C41H55NO4. The van der Waals surface area contributed by atoms with Crippen LogP contribution in [0.3, 0.4) is 0 Å². The second kappa shape index (κ2) is 16.6. The highest BCUT2D eigenvalue weighted by atomic mass is 16.4. The molecule has 0 radical (unpaired) electrons. The first-order chi connectivity index (χ1) is 22.4. The van der Waals surface area contributed by atoms with Crippen molar-refractivity contribution in [3.63, 3.8) is 0 Å². The summed E-state index contributed by atoms with van der Waals surface area (Å²) in [5.74, 6) is 0.325. The van der Waals surface area contributed by atoms with Crippen LogP contribution in [-0.2, 0) is 21.4 Å². The highest BCUT2D eigenvalue weighted by Crippen LogP contribution is 2.48. The Morgan fingerprint density at radius 3 is 2.52 bits per heavy atom. The van der Waals surface area contributed by atoms with Crippen LogP contribution in [0.15, 0.2) is 72.3 Å². The molecule has 2 bridgehead atoms. The third-order valence-corrected chi connectivity index (χ3v) is 11.6. The molecule has 3 aliphatic carbocycles. The van der Waals surface area contributed by atoms with Crippen LogP contribution in [0.4, 0.5) is 0 Å². The lowest BCUT2D eigenvalue weighted by Crippen LogP contribution is -2.41. The first kappa shape index (κ1) is 34.2. The topological polar surface area (TPSA) is 101 Å². The zero-order valence-corrected chi connectivity index (χ0v) is 27.6. The Balaban J connectivity index is 1.34. The van der Waals surface area contributed by atoms with Gasteiger partial charge in [-0.05, 0) is 117 Å². The lowest BCUT2D eigenvalue weighted by Gasteiger charge is -2.42. The summed E-state index contributed by atoms with van der Waals surface area (Å²) < 4.78 is 0. The fourth-order valence-electron chi connectivity index (χ4n) is 9.01. The molecule has 0 heterocycles. The van der Waals surface area contributed by atoms with Gasteiger partial charge in [0.05, 0.1) is 5.92 Å². The largest absolute Gasteiger partial charge is 0.508 e. The molecule has 0 aliphatic heterocycles. The molecule has 0 amide bonds. The molecule has 4 N–H and O–H groups in total. The maximum atomic E-state index is 12.8. The number of rotatable bonds is 12. The van der Waals surface area contributed by atoms with Crippen LogP contribution in [0.5, 0.6) is 5.75 Å². The van der Waals surface area contributed by atoms with Gasteiger partial charge in [-0.15, -0.1) is 0 Å². The fraction of sp³-hybridized carbons (Fsp3) is 0.561. The number of unbranched alkanes of at least 4 members (excludes halogenated alkanes) is 2. The van der Waals surface area contributed by atoms with Crippen LogP contribution in [-0.4, -0.2) is 29.0 Å². The monoisotopic (exact) mass is 625 g/mol. The number of carboxylic acid groups (broad SMARTS) is 1. The third-order valence-electron chi connectivity index (χ3n) is 11.6. The van der Waals surface area contributed by atoms with E-state index >= 15 is 0 Å². The van der Waals surface area contributed by atoms with Crippen LogP contribution >= 0.6 is 0 Å². The van der Waals surface area contributed by atoms with E-state index in [9.17, 15) is 19.8 Å². The van der Waals surface area contributed by atoms with Crippen molar-refractivity contribution in [1.82, 2.24) is 0 Å². The Morgan fingerprint density at radius 1 is 1.00 bits per heavy atom. The molecule has 0 saturated heterocycles. The number of carboxylic acids is 1. The van der Waals surface area contributed by atoms with Gasteiger partial charge in [0, 0.05) is 11.3 Å². The molecular weight excluding hydrogens is 570 g/mol. The summed E-state index contributed by atoms with van der Waals surface area (Å²) in [6, 6.07) is 16.6. The van der Waals surface area contributed by atoms with Crippen molar-refractivity contribution < 1.29 is 19.8 Å². The summed E-state index contributed by atoms with van der Waals surface area (Å²) in [6.45, 7) is 0.679. The number of phenolic OH excluding ortho intramolecular Hbond substituents is 1.